The first-order valence-corrected chi connectivity index (χ1v) is 12.4. The summed E-state index contributed by atoms with van der Waals surface area (Å²) in [7, 11) is -8.00. The number of phosphoric acid groups is 2. The summed E-state index contributed by atoms with van der Waals surface area (Å²) in [6.45, 7) is 8.78. The molecule has 0 unspecified atom stereocenters. The van der Waals surface area contributed by atoms with Crippen molar-refractivity contribution in [2.75, 3.05) is 26.4 Å². The third-order valence-corrected chi connectivity index (χ3v) is 4.98. The molecule has 0 N–H and O–H groups in total. The van der Waals surface area contributed by atoms with Crippen molar-refractivity contribution in [1.29, 1.82) is 0 Å². The van der Waals surface area contributed by atoms with Gasteiger partial charge in [-0.1, -0.05) is 53.4 Å². The largest absolute Gasteiger partial charge is 2.00 e. The zero-order chi connectivity index (χ0) is 20.3. The van der Waals surface area contributed by atoms with Crippen LogP contribution in [0.3, 0.4) is 0 Å². The van der Waals surface area contributed by atoms with Gasteiger partial charge in [0.25, 0.3) is 15.6 Å². The van der Waals surface area contributed by atoms with Gasteiger partial charge < -0.3 is 27.9 Å². The van der Waals surface area contributed by atoms with Crippen LogP contribution in [0.4, 0.5) is 0 Å². The Bertz CT molecular complexity index is 335. The Morgan fingerprint density at radius 2 is 0.741 bits per heavy atom. The van der Waals surface area contributed by atoms with Crippen LogP contribution in [0.1, 0.15) is 79.1 Å². The Labute approximate surface area is 194 Å². The van der Waals surface area contributed by atoms with Crippen molar-refractivity contribution in [3.8, 4) is 0 Å². The quantitative estimate of drug-likeness (QED) is 0.195. The zero-order valence-electron chi connectivity index (χ0n) is 17.4. The van der Waals surface area contributed by atoms with Crippen molar-refractivity contribution in [3.05, 3.63) is 0 Å². The average Bonchev–Trinajstić information content (AvgIpc) is 2.56. The van der Waals surface area contributed by atoms with Crippen molar-refractivity contribution < 1.29 is 37.0 Å². The van der Waals surface area contributed by atoms with Gasteiger partial charge in [-0.25, -0.2) is 0 Å². The SMILES string of the molecule is CCCCOP(=O)([O-])OCCCC.CCCCOP(=O)([O-])OCCCC.[Ca+2]. The van der Waals surface area contributed by atoms with Crippen molar-refractivity contribution >= 4 is 53.4 Å². The number of rotatable bonds is 16. The van der Waals surface area contributed by atoms with Gasteiger partial charge in [-0.3, -0.25) is 9.13 Å². The molecule has 0 heterocycles. The van der Waals surface area contributed by atoms with Crippen molar-refractivity contribution in [3.63, 3.8) is 0 Å². The van der Waals surface area contributed by atoms with Crippen LogP contribution in [0.15, 0.2) is 0 Å². The second-order valence-corrected chi connectivity index (χ2v) is 8.46. The molecule has 0 fully saturated rings. The van der Waals surface area contributed by atoms with Crippen LogP contribution >= 0.6 is 15.6 Å². The van der Waals surface area contributed by atoms with E-state index in [9.17, 15) is 18.9 Å². The van der Waals surface area contributed by atoms with E-state index in [1.807, 2.05) is 27.7 Å². The van der Waals surface area contributed by atoms with Gasteiger partial charge in [-0.2, -0.15) is 0 Å². The molecule has 0 aromatic carbocycles. The predicted octanol–water partition coefficient (Wildman–Crippen LogP) is 3.80. The molecule has 0 aromatic heterocycles. The van der Waals surface area contributed by atoms with Crippen LogP contribution in [-0.2, 0) is 27.2 Å². The third kappa shape index (κ3) is 27.5. The molecule has 0 saturated heterocycles. The van der Waals surface area contributed by atoms with E-state index in [1.165, 1.54) is 0 Å². The second-order valence-electron chi connectivity index (χ2n) is 5.64. The molecule has 0 radical (unpaired) electrons. The van der Waals surface area contributed by atoms with E-state index in [1.54, 1.807) is 0 Å². The summed E-state index contributed by atoms with van der Waals surface area (Å²) >= 11 is 0. The molecule has 0 aliphatic rings. The van der Waals surface area contributed by atoms with Crippen LogP contribution in [-0.4, -0.2) is 64.2 Å². The molecule has 0 aliphatic heterocycles. The molecule has 0 aromatic rings. The van der Waals surface area contributed by atoms with Crippen LogP contribution in [0.2, 0.25) is 0 Å². The molecule has 11 heteroatoms. The first-order chi connectivity index (χ1) is 12.2. The summed E-state index contributed by atoms with van der Waals surface area (Å²) in [5.41, 5.74) is 0. The third-order valence-electron chi connectivity index (χ3n) is 2.99. The molecule has 160 valence electrons. The average molecular weight is 458 g/mol. The molecule has 27 heavy (non-hydrogen) atoms. The van der Waals surface area contributed by atoms with E-state index < -0.39 is 15.6 Å². The van der Waals surface area contributed by atoms with Gasteiger partial charge in [0.2, 0.25) is 0 Å². The Morgan fingerprint density at radius 1 is 0.556 bits per heavy atom. The second kappa shape index (κ2) is 22.2. The van der Waals surface area contributed by atoms with Crippen LogP contribution in [0.25, 0.3) is 0 Å². The normalized spacial score (nSPS) is 11.5. The molecule has 0 atom stereocenters. The molecule has 0 rings (SSSR count). The first kappa shape index (κ1) is 33.1. The standard InChI is InChI=1S/2C8H19O4P.Ca/c2*1-3-5-7-11-13(9,10)12-8-6-4-2;/h2*3-8H2,1-2H3,(H,9,10);/q;;+2/p-2. The van der Waals surface area contributed by atoms with Gasteiger partial charge in [0, 0.05) is 0 Å². The van der Waals surface area contributed by atoms with Gasteiger partial charge in [0.15, 0.2) is 0 Å². The van der Waals surface area contributed by atoms with Crippen LogP contribution in [0, 0.1) is 0 Å². The fourth-order valence-corrected chi connectivity index (χ4v) is 2.92. The smallest absolute Gasteiger partial charge is 0.756 e. The van der Waals surface area contributed by atoms with Gasteiger partial charge in [0.1, 0.15) is 0 Å². The topological polar surface area (TPSA) is 117 Å². The minimum Gasteiger partial charge on any atom is -0.756 e. The molecule has 0 saturated carbocycles. The number of unbranched alkanes of at least 4 members (excludes halogenated alkanes) is 4. The minimum absolute atomic E-state index is 0. The van der Waals surface area contributed by atoms with E-state index in [0.29, 0.717) is 0 Å². The molecule has 8 nitrogen and oxygen atoms in total. The zero-order valence-corrected chi connectivity index (χ0v) is 21.4. The van der Waals surface area contributed by atoms with Crippen molar-refractivity contribution in [2.45, 2.75) is 79.1 Å². The number of phosphoric ester groups is 2. The Kier molecular flexibility index (Phi) is 27.2. The Hall–Kier alpha value is 1.48. The minimum atomic E-state index is -4.00. The fourth-order valence-electron chi connectivity index (χ4n) is 1.36. The summed E-state index contributed by atoms with van der Waals surface area (Å²) in [6.07, 6.45) is 6.60. The van der Waals surface area contributed by atoms with E-state index in [-0.39, 0.29) is 64.2 Å². The molecule has 0 spiro atoms. The molecule has 0 amide bonds. The summed E-state index contributed by atoms with van der Waals surface area (Å²) in [5, 5.41) is 0. The van der Waals surface area contributed by atoms with Crippen molar-refractivity contribution in [1.82, 2.24) is 0 Å². The Morgan fingerprint density at radius 3 is 0.889 bits per heavy atom. The number of hydrogen-bond donors (Lipinski definition) is 0. The van der Waals surface area contributed by atoms with Gasteiger partial charge >= 0.3 is 37.7 Å². The van der Waals surface area contributed by atoms with E-state index >= 15 is 0 Å². The summed E-state index contributed by atoms with van der Waals surface area (Å²) in [4.78, 5) is 21.9. The van der Waals surface area contributed by atoms with E-state index in [0.717, 1.165) is 51.4 Å². The fraction of sp³-hybridized carbons (Fsp3) is 1.00. The van der Waals surface area contributed by atoms with E-state index in [2.05, 4.69) is 18.1 Å². The maximum atomic E-state index is 11.0. The van der Waals surface area contributed by atoms with Crippen molar-refractivity contribution in [2.24, 2.45) is 0 Å². The maximum absolute atomic E-state index is 11.0. The monoisotopic (exact) mass is 458 g/mol. The summed E-state index contributed by atoms with van der Waals surface area (Å²) in [6, 6.07) is 0. The number of hydrogen-bond acceptors (Lipinski definition) is 8. The van der Waals surface area contributed by atoms with Crippen LogP contribution in [0.5, 0.6) is 0 Å². The van der Waals surface area contributed by atoms with Gasteiger partial charge in [0.05, 0.1) is 26.4 Å². The first-order valence-electron chi connectivity index (χ1n) is 9.44. The molecular weight excluding hydrogens is 422 g/mol. The predicted molar refractivity (Wildman–Crippen MR) is 104 cm³/mol. The molecule has 0 aliphatic carbocycles. The van der Waals surface area contributed by atoms with Crippen LogP contribution < -0.4 is 9.79 Å². The molecule has 0 bridgehead atoms. The maximum Gasteiger partial charge on any atom is 2.00 e. The van der Waals surface area contributed by atoms with Gasteiger partial charge in [-0.15, -0.1) is 0 Å². The van der Waals surface area contributed by atoms with Gasteiger partial charge in [-0.05, 0) is 25.7 Å². The Balaban J connectivity index is -0.000000411. The summed E-state index contributed by atoms with van der Waals surface area (Å²) < 4.78 is 40.3. The summed E-state index contributed by atoms with van der Waals surface area (Å²) in [5.74, 6) is 0. The molecular formula is C16H36CaO8P2. The van der Waals surface area contributed by atoms with E-state index in [4.69, 9.17) is 0 Å².